The van der Waals surface area contributed by atoms with Crippen molar-refractivity contribution >= 4 is 0 Å². The zero-order valence-electron chi connectivity index (χ0n) is 4.80. The molecule has 1 fully saturated rings. The van der Waals surface area contributed by atoms with Gasteiger partial charge < -0.3 is 5.11 Å². The van der Waals surface area contributed by atoms with Crippen molar-refractivity contribution in [1.82, 2.24) is 0 Å². The number of aliphatic hydroxyl groups is 1. The van der Waals surface area contributed by atoms with E-state index in [1.807, 2.05) is 6.08 Å². The molecule has 1 aliphatic rings. The maximum absolute atomic E-state index is 8.53. The third-order valence-electron chi connectivity index (χ3n) is 1.54. The Hall–Kier alpha value is -0.520. The van der Waals surface area contributed by atoms with Gasteiger partial charge in [0.1, 0.15) is 0 Å². The molecular weight excluding hydrogens is 100 g/mol. The van der Waals surface area contributed by atoms with E-state index in [2.05, 4.69) is 12.3 Å². The van der Waals surface area contributed by atoms with Gasteiger partial charge in [0.25, 0.3) is 0 Å². The van der Waals surface area contributed by atoms with E-state index >= 15 is 0 Å². The highest BCUT2D eigenvalue weighted by molar-refractivity contribution is 4.99. The van der Waals surface area contributed by atoms with Gasteiger partial charge in [-0.2, -0.15) is 0 Å². The Labute approximate surface area is 49.3 Å². The average molecular weight is 110 g/mol. The molecule has 44 valence electrons. The van der Waals surface area contributed by atoms with E-state index in [0.29, 0.717) is 18.4 Å². The lowest BCUT2D eigenvalue weighted by Crippen LogP contribution is -1.84. The van der Waals surface area contributed by atoms with Crippen LogP contribution < -0.4 is 0 Å². The molecule has 0 aromatic carbocycles. The van der Waals surface area contributed by atoms with Crippen molar-refractivity contribution in [3.05, 3.63) is 18.4 Å². The molecule has 0 aliphatic heterocycles. The first kappa shape index (κ1) is 5.61. The first-order valence-electron chi connectivity index (χ1n) is 2.85. The number of hydrogen-bond donors (Lipinski definition) is 1. The van der Waals surface area contributed by atoms with Crippen molar-refractivity contribution in [3.8, 4) is 0 Å². The predicted molar refractivity (Wildman–Crippen MR) is 32.4 cm³/mol. The third kappa shape index (κ3) is 1.00. The van der Waals surface area contributed by atoms with Gasteiger partial charge in [-0.25, -0.2) is 0 Å². The smallest absolute Gasteiger partial charge is 0.0465 e. The Morgan fingerprint density at radius 2 is 2.62 bits per heavy atom. The molecule has 0 spiro atoms. The minimum atomic E-state index is 0.322. The van der Waals surface area contributed by atoms with Crippen LogP contribution in [0.5, 0.6) is 0 Å². The largest absolute Gasteiger partial charge is 0.396 e. The molecule has 0 aromatic heterocycles. The van der Waals surface area contributed by atoms with E-state index in [0.717, 1.165) is 6.42 Å². The summed E-state index contributed by atoms with van der Waals surface area (Å²) < 4.78 is 0. The summed E-state index contributed by atoms with van der Waals surface area (Å²) in [4.78, 5) is 0. The summed E-state index contributed by atoms with van der Waals surface area (Å²) in [5.74, 6) is 1.10. The maximum Gasteiger partial charge on any atom is 0.0465 e. The van der Waals surface area contributed by atoms with E-state index in [1.54, 1.807) is 0 Å². The molecule has 0 amide bonds. The Bertz CT molecular complexity index is 122. The molecule has 0 heterocycles. The summed E-state index contributed by atoms with van der Waals surface area (Å²) in [5, 5.41) is 8.53. The first-order valence-corrected chi connectivity index (χ1v) is 2.85. The highest BCUT2D eigenvalue weighted by Gasteiger charge is 2.33. The lowest BCUT2D eigenvalue weighted by Gasteiger charge is -1.81. The van der Waals surface area contributed by atoms with E-state index in [-0.39, 0.29) is 0 Å². The summed E-state index contributed by atoms with van der Waals surface area (Å²) in [5.41, 5.74) is 2.71. The Morgan fingerprint density at radius 3 is 3.00 bits per heavy atom. The molecule has 1 aliphatic carbocycles. The van der Waals surface area contributed by atoms with E-state index in [1.165, 1.54) is 0 Å². The minimum absolute atomic E-state index is 0.322. The molecule has 1 saturated carbocycles. The number of aliphatic hydroxyl groups excluding tert-OH is 1. The molecule has 2 unspecified atom stereocenters. The van der Waals surface area contributed by atoms with Gasteiger partial charge in [-0.15, -0.1) is 5.73 Å². The van der Waals surface area contributed by atoms with Crippen LogP contribution in [0.15, 0.2) is 18.4 Å². The van der Waals surface area contributed by atoms with Crippen molar-refractivity contribution in [1.29, 1.82) is 0 Å². The van der Waals surface area contributed by atoms with Crippen LogP contribution in [0.2, 0.25) is 0 Å². The monoisotopic (exact) mass is 110 g/mol. The van der Waals surface area contributed by atoms with Crippen LogP contribution in [0, 0.1) is 11.8 Å². The zero-order valence-corrected chi connectivity index (χ0v) is 4.80. The highest BCUT2D eigenvalue weighted by atomic mass is 16.3. The van der Waals surface area contributed by atoms with E-state index < -0.39 is 0 Å². The quantitative estimate of drug-likeness (QED) is 0.525. The first-order chi connectivity index (χ1) is 3.88. The van der Waals surface area contributed by atoms with Gasteiger partial charge in [0, 0.05) is 6.61 Å². The highest BCUT2D eigenvalue weighted by Crippen LogP contribution is 2.38. The van der Waals surface area contributed by atoms with E-state index in [9.17, 15) is 0 Å². The van der Waals surface area contributed by atoms with Crippen LogP contribution >= 0.6 is 0 Å². The van der Waals surface area contributed by atoms with Gasteiger partial charge in [-0.3, -0.25) is 0 Å². The van der Waals surface area contributed by atoms with Gasteiger partial charge in [0.05, 0.1) is 0 Å². The van der Waals surface area contributed by atoms with E-state index in [4.69, 9.17) is 5.11 Å². The van der Waals surface area contributed by atoms with Gasteiger partial charge in [0.15, 0.2) is 0 Å². The second-order valence-electron chi connectivity index (χ2n) is 2.21. The fraction of sp³-hybridized carbons (Fsp3) is 0.571. The number of allylic oxidation sites excluding steroid dienone is 1. The summed E-state index contributed by atoms with van der Waals surface area (Å²) in [6.45, 7) is 3.77. The molecule has 0 radical (unpaired) electrons. The lowest BCUT2D eigenvalue weighted by atomic mass is 10.3. The molecule has 1 rings (SSSR count). The predicted octanol–water partition coefficient (Wildman–Crippen LogP) is 0.956. The summed E-state index contributed by atoms with van der Waals surface area (Å²) >= 11 is 0. The Kier molecular flexibility index (Phi) is 1.52. The summed E-state index contributed by atoms with van der Waals surface area (Å²) in [7, 11) is 0. The molecule has 8 heavy (non-hydrogen) atoms. The molecule has 0 aromatic rings. The standard InChI is InChI=1S/C7H10O/c1-2-3-6-4-7(6)5-8/h3,6-8H,1,4-5H2. The summed E-state index contributed by atoms with van der Waals surface area (Å²) in [6, 6.07) is 0. The SMILES string of the molecule is C=C=CC1CC1CO. The van der Waals surface area contributed by atoms with Crippen molar-refractivity contribution < 1.29 is 5.11 Å². The number of hydrogen-bond acceptors (Lipinski definition) is 1. The molecule has 2 atom stereocenters. The van der Waals surface area contributed by atoms with Crippen LogP contribution in [-0.2, 0) is 0 Å². The van der Waals surface area contributed by atoms with Crippen LogP contribution in [-0.4, -0.2) is 11.7 Å². The second kappa shape index (κ2) is 2.17. The fourth-order valence-electron chi connectivity index (χ4n) is 0.836. The van der Waals surface area contributed by atoms with Gasteiger partial charge in [-0.1, -0.05) is 6.58 Å². The van der Waals surface area contributed by atoms with Crippen LogP contribution in [0.1, 0.15) is 6.42 Å². The Balaban J connectivity index is 2.26. The Morgan fingerprint density at radius 1 is 1.88 bits per heavy atom. The molecule has 0 bridgehead atoms. The van der Waals surface area contributed by atoms with Crippen molar-refractivity contribution in [2.45, 2.75) is 6.42 Å². The second-order valence-corrected chi connectivity index (χ2v) is 2.21. The van der Waals surface area contributed by atoms with Crippen LogP contribution in [0.3, 0.4) is 0 Å². The zero-order chi connectivity index (χ0) is 5.98. The molecule has 1 nitrogen and oxygen atoms in total. The van der Waals surface area contributed by atoms with Gasteiger partial charge in [0.2, 0.25) is 0 Å². The molecule has 0 saturated heterocycles. The number of rotatable bonds is 2. The van der Waals surface area contributed by atoms with Crippen LogP contribution in [0.4, 0.5) is 0 Å². The normalized spacial score (nSPS) is 33.6. The third-order valence-corrected chi connectivity index (χ3v) is 1.54. The van der Waals surface area contributed by atoms with Gasteiger partial charge in [-0.05, 0) is 24.3 Å². The molecular formula is C7H10O. The molecule has 1 heteroatoms. The molecule has 1 N–H and O–H groups in total. The van der Waals surface area contributed by atoms with Crippen molar-refractivity contribution in [2.24, 2.45) is 11.8 Å². The minimum Gasteiger partial charge on any atom is -0.396 e. The lowest BCUT2D eigenvalue weighted by molar-refractivity contribution is 0.272. The van der Waals surface area contributed by atoms with Gasteiger partial charge >= 0.3 is 0 Å². The fourth-order valence-corrected chi connectivity index (χ4v) is 0.836. The van der Waals surface area contributed by atoms with Crippen molar-refractivity contribution in [3.63, 3.8) is 0 Å². The summed E-state index contributed by atoms with van der Waals surface area (Å²) in [6.07, 6.45) is 3.06. The van der Waals surface area contributed by atoms with Crippen LogP contribution in [0.25, 0.3) is 0 Å². The average Bonchev–Trinajstić information content (AvgIpc) is 2.48. The maximum atomic E-state index is 8.53. The topological polar surface area (TPSA) is 20.2 Å². The van der Waals surface area contributed by atoms with Crippen molar-refractivity contribution in [2.75, 3.05) is 6.61 Å².